The molecule has 0 aliphatic heterocycles. The van der Waals surface area contributed by atoms with E-state index >= 15 is 8.78 Å². The minimum absolute atomic E-state index is 0.285. The first-order valence-electron chi connectivity index (χ1n) is 12.5. The van der Waals surface area contributed by atoms with E-state index < -0.39 is 23.3 Å². The number of halogens is 6. The molecule has 0 fully saturated rings. The molecule has 198 valence electrons. The van der Waals surface area contributed by atoms with Crippen molar-refractivity contribution in [2.75, 3.05) is 0 Å². The standard InChI is InChI=1S/C34H20Br2F4/c35-17-29-27(25-11-9-21(37)15-31(25)39)13-19-5-1-3-7-23(19)33(29)34-24-8-4-2-6-20(24)14-28(30(34)18-36)26-12-10-22(38)16-32(26)40/h1-16H,17-18H2. The van der Waals surface area contributed by atoms with E-state index in [1.54, 1.807) is 0 Å². The van der Waals surface area contributed by atoms with Crippen LogP contribution in [0.5, 0.6) is 0 Å². The van der Waals surface area contributed by atoms with Crippen LogP contribution in [0, 0.1) is 23.3 Å². The van der Waals surface area contributed by atoms with Gasteiger partial charge in [-0.2, -0.15) is 0 Å². The topological polar surface area (TPSA) is 0 Å². The van der Waals surface area contributed by atoms with Crippen molar-refractivity contribution in [3.63, 3.8) is 0 Å². The van der Waals surface area contributed by atoms with Gasteiger partial charge in [0.2, 0.25) is 0 Å². The summed E-state index contributed by atoms with van der Waals surface area (Å²) in [6.07, 6.45) is 0. The predicted octanol–water partition coefficient (Wildman–Crippen LogP) is 11.3. The Labute approximate surface area is 245 Å². The second-order valence-corrected chi connectivity index (χ2v) is 10.6. The third kappa shape index (κ3) is 4.53. The molecule has 6 aromatic carbocycles. The highest BCUT2D eigenvalue weighted by Crippen LogP contribution is 2.47. The highest BCUT2D eigenvalue weighted by atomic mass is 79.9. The lowest BCUT2D eigenvalue weighted by molar-refractivity contribution is 0.585. The van der Waals surface area contributed by atoms with Gasteiger partial charge >= 0.3 is 0 Å². The van der Waals surface area contributed by atoms with Crippen LogP contribution < -0.4 is 0 Å². The Kier molecular flexibility index (Phi) is 7.24. The fraction of sp³-hybridized carbons (Fsp3) is 0.0588. The van der Waals surface area contributed by atoms with Crippen molar-refractivity contribution in [1.29, 1.82) is 0 Å². The molecular weight excluding hydrogens is 644 g/mol. The number of hydrogen-bond acceptors (Lipinski definition) is 0. The molecule has 0 radical (unpaired) electrons. The molecule has 0 saturated heterocycles. The normalized spacial score (nSPS) is 11.4. The highest BCUT2D eigenvalue weighted by molar-refractivity contribution is 9.08. The SMILES string of the molecule is Fc1ccc(-c2cc3ccccc3c(-c3c(CBr)c(-c4ccc(F)cc4F)cc4ccccc34)c2CBr)c(F)c1. The molecule has 0 spiro atoms. The number of alkyl halides is 2. The molecule has 0 unspecified atom stereocenters. The maximum atomic E-state index is 15.2. The zero-order chi connectivity index (χ0) is 28.0. The Morgan fingerprint density at radius 2 is 0.850 bits per heavy atom. The van der Waals surface area contributed by atoms with Gasteiger partial charge in [-0.05, 0) is 91.3 Å². The van der Waals surface area contributed by atoms with Crippen molar-refractivity contribution in [2.24, 2.45) is 0 Å². The first-order valence-corrected chi connectivity index (χ1v) is 14.8. The van der Waals surface area contributed by atoms with Crippen LogP contribution >= 0.6 is 31.9 Å². The second kappa shape index (κ2) is 10.8. The molecule has 0 heterocycles. The van der Waals surface area contributed by atoms with Gasteiger partial charge in [-0.1, -0.05) is 80.4 Å². The monoisotopic (exact) mass is 662 g/mol. The summed E-state index contributed by atoms with van der Waals surface area (Å²) in [5, 5.41) is 4.39. The van der Waals surface area contributed by atoms with Crippen LogP contribution in [-0.4, -0.2) is 0 Å². The molecule has 0 nitrogen and oxygen atoms in total. The summed E-state index contributed by atoms with van der Waals surface area (Å²) in [6.45, 7) is 0. The Morgan fingerprint density at radius 3 is 1.23 bits per heavy atom. The van der Waals surface area contributed by atoms with Crippen LogP contribution in [0.2, 0.25) is 0 Å². The van der Waals surface area contributed by atoms with Gasteiger partial charge in [-0.25, -0.2) is 17.6 Å². The fourth-order valence-corrected chi connectivity index (χ4v) is 6.69. The average molecular weight is 664 g/mol. The van der Waals surface area contributed by atoms with Gasteiger partial charge in [-0.15, -0.1) is 0 Å². The van der Waals surface area contributed by atoms with Gasteiger partial charge in [0.15, 0.2) is 0 Å². The van der Waals surface area contributed by atoms with Crippen LogP contribution in [0.15, 0.2) is 97.1 Å². The summed E-state index contributed by atoms with van der Waals surface area (Å²) in [5.41, 5.74) is 5.19. The summed E-state index contributed by atoms with van der Waals surface area (Å²) in [6, 6.07) is 26.7. The quantitative estimate of drug-likeness (QED) is 0.127. The van der Waals surface area contributed by atoms with E-state index in [-0.39, 0.29) is 11.1 Å². The van der Waals surface area contributed by atoms with Crippen molar-refractivity contribution < 1.29 is 17.6 Å². The Bertz CT molecular complexity index is 1790. The van der Waals surface area contributed by atoms with Crippen LogP contribution in [0.25, 0.3) is 54.9 Å². The first-order chi connectivity index (χ1) is 19.4. The van der Waals surface area contributed by atoms with E-state index in [2.05, 4.69) is 31.9 Å². The van der Waals surface area contributed by atoms with Crippen molar-refractivity contribution in [3.05, 3.63) is 131 Å². The molecule has 0 saturated carbocycles. The second-order valence-electron chi connectivity index (χ2n) is 9.51. The zero-order valence-electron chi connectivity index (χ0n) is 20.9. The molecule has 0 atom stereocenters. The molecule has 0 N–H and O–H groups in total. The highest BCUT2D eigenvalue weighted by Gasteiger charge is 2.24. The van der Waals surface area contributed by atoms with Crippen molar-refractivity contribution in [3.8, 4) is 33.4 Å². The van der Waals surface area contributed by atoms with E-state index in [1.807, 2.05) is 60.7 Å². The summed E-state index contributed by atoms with van der Waals surface area (Å²) in [4.78, 5) is 0. The maximum absolute atomic E-state index is 15.2. The Balaban J connectivity index is 1.81. The number of benzene rings is 6. The maximum Gasteiger partial charge on any atom is 0.133 e. The first kappa shape index (κ1) is 26.7. The third-order valence-electron chi connectivity index (χ3n) is 7.27. The van der Waals surface area contributed by atoms with E-state index in [0.717, 1.165) is 55.9 Å². The van der Waals surface area contributed by atoms with Gasteiger partial charge in [0.05, 0.1) is 0 Å². The van der Waals surface area contributed by atoms with E-state index in [4.69, 9.17) is 0 Å². The van der Waals surface area contributed by atoms with E-state index in [9.17, 15) is 8.78 Å². The predicted molar refractivity (Wildman–Crippen MR) is 163 cm³/mol. The van der Waals surface area contributed by atoms with E-state index in [1.165, 1.54) is 24.3 Å². The summed E-state index contributed by atoms with van der Waals surface area (Å²) >= 11 is 7.32. The van der Waals surface area contributed by atoms with Crippen molar-refractivity contribution in [1.82, 2.24) is 0 Å². The minimum Gasteiger partial charge on any atom is -0.207 e. The number of hydrogen-bond donors (Lipinski definition) is 0. The molecule has 0 aliphatic rings. The molecule has 0 aromatic heterocycles. The molecule has 0 amide bonds. The van der Waals surface area contributed by atoms with Gasteiger partial charge in [0.1, 0.15) is 23.3 Å². The van der Waals surface area contributed by atoms with Gasteiger partial charge < -0.3 is 0 Å². The molecule has 6 heteroatoms. The smallest absolute Gasteiger partial charge is 0.133 e. The Hall–Kier alpha value is -3.48. The third-order valence-corrected chi connectivity index (χ3v) is 8.40. The molecule has 0 bridgehead atoms. The molecular formula is C34H20Br2F4. The van der Waals surface area contributed by atoms with Crippen LogP contribution in [0.4, 0.5) is 17.6 Å². The minimum atomic E-state index is -0.656. The van der Waals surface area contributed by atoms with Crippen LogP contribution in [0.1, 0.15) is 11.1 Å². The summed E-state index contributed by atoms with van der Waals surface area (Å²) in [7, 11) is 0. The lowest BCUT2D eigenvalue weighted by Gasteiger charge is -2.23. The largest absolute Gasteiger partial charge is 0.207 e. The fourth-order valence-electron chi connectivity index (χ4n) is 5.53. The number of rotatable bonds is 5. The molecule has 6 rings (SSSR count). The average Bonchev–Trinajstić information content (AvgIpc) is 2.95. The molecule has 6 aromatic rings. The van der Waals surface area contributed by atoms with Crippen LogP contribution in [0.3, 0.4) is 0 Å². The molecule has 40 heavy (non-hydrogen) atoms. The lowest BCUT2D eigenvalue weighted by Crippen LogP contribution is -2.01. The van der Waals surface area contributed by atoms with Crippen molar-refractivity contribution in [2.45, 2.75) is 10.7 Å². The van der Waals surface area contributed by atoms with Gasteiger partial charge in [0.25, 0.3) is 0 Å². The van der Waals surface area contributed by atoms with E-state index in [0.29, 0.717) is 21.8 Å². The van der Waals surface area contributed by atoms with Crippen molar-refractivity contribution >= 4 is 53.4 Å². The van der Waals surface area contributed by atoms with Gasteiger partial charge in [0, 0.05) is 33.9 Å². The summed E-state index contributed by atoms with van der Waals surface area (Å²) in [5.74, 6) is -2.61. The Morgan fingerprint density at radius 1 is 0.450 bits per heavy atom. The van der Waals surface area contributed by atoms with Crippen LogP contribution in [-0.2, 0) is 10.7 Å². The molecule has 0 aliphatic carbocycles. The number of fused-ring (bicyclic) bond motifs is 2. The zero-order valence-corrected chi connectivity index (χ0v) is 24.1. The lowest BCUT2D eigenvalue weighted by atomic mass is 9.82. The summed E-state index contributed by atoms with van der Waals surface area (Å²) < 4.78 is 58.2. The van der Waals surface area contributed by atoms with Gasteiger partial charge in [-0.3, -0.25) is 0 Å².